The van der Waals surface area contributed by atoms with Gasteiger partial charge in [-0.2, -0.15) is 0 Å². The van der Waals surface area contributed by atoms with Crippen LogP contribution in [0.5, 0.6) is 0 Å². The molecule has 0 N–H and O–H groups in total. The van der Waals surface area contributed by atoms with Gasteiger partial charge in [0, 0.05) is 34.5 Å². The van der Waals surface area contributed by atoms with E-state index in [9.17, 15) is 9.59 Å². The number of benzene rings is 1. The Morgan fingerprint density at radius 1 is 0.971 bits per heavy atom. The predicted molar refractivity (Wildman–Crippen MR) is 136 cm³/mol. The molecule has 0 spiro atoms. The summed E-state index contributed by atoms with van der Waals surface area (Å²) in [6.07, 6.45) is 1.73. The van der Waals surface area contributed by atoms with Crippen LogP contribution in [0.25, 0.3) is 22.0 Å². The number of hydrogen-bond donors (Lipinski definition) is 0. The van der Waals surface area contributed by atoms with E-state index in [0.29, 0.717) is 17.0 Å². The Morgan fingerprint density at radius 2 is 1.71 bits per heavy atom. The fourth-order valence-corrected chi connectivity index (χ4v) is 5.24. The monoisotopic (exact) mass is 489 g/mol. The number of pyridine rings is 1. The van der Waals surface area contributed by atoms with Crippen LogP contribution < -0.4 is 0 Å². The molecule has 0 fully saturated rings. The summed E-state index contributed by atoms with van der Waals surface area (Å²) in [5, 5.41) is 2.72. The Kier molecular flexibility index (Phi) is 7.51. The first kappa shape index (κ1) is 24.5. The number of esters is 2. The zero-order chi connectivity index (χ0) is 24.9. The van der Waals surface area contributed by atoms with Gasteiger partial charge in [0.2, 0.25) is 0 Å². The van der Waals surface area contributed by atoms with E-state index in [1.807, 2.05) is 47.8 Å². The summed E-state index contributed by atoms with van der Waals surface area (Å²) < 4.78 is 10.8. The molecule has 0 radical (unpaired) electrons. The largest absolute Gasteiger partial charge is 0.465 e. The van der Waals surface area contributed by atoms with Crippen molar-refractivity contribution in [3.05, 3.63) is 70.9 Å². The van der Waals surface area contributed by atoms with Crippen molar-refractivity contribution in [3.8, 4) is 22.0 Å². The highest BCUT2D eigenvalue weighted by Gasteiger charge is 2.43. The number of thiazole rings is 1. The maximum atomic E-state index is 13.2. The van der Waals surface area contributed by atoms with Gasteiger partial charge in [0.15, 0.2) is 0 Å². The third-order valence-corrected chi connectivity index (χ3v) is 6.70. The molecule has 1 aliphatic heterocycles. The summed E-state index contributed by atoms with van der Waals surface area (Å²) in [6, 6.07) is 13.4. The van der Waals surface area contributed by atoms with E-state index in [1.165, 1.54) is 11.3 Å². The number of aromatic nitrogens is 2. The van der Waals surface area contributed by atoms with E-state index in [2.05, 4.69) is 9.98 Å². The molecule has 0 amide bonds. The molecule has 0 aliphatic carbocycles. The van der Waals surface area contributed by atoms with Crippen molar-refractivity contribution in [2.45, 2.75) is 33.6 Å². The standard InChI is InChI=1S/C27H27N3O4S/c1-5-33-26(31)22-16(3)29-17(4)23(27(32)34-6-2)24(22)18-11-7-8-12-19(18)25-30-21(15-35-25)20-13-9-10-14-28-20/h7-15,22,24H,5-6H2,1-4H3. The highest BCUT2D eigenvalue weighted by Crippen LogP contribution is 2.44. The fourth-order valence-electron chi connectivity index (χ4n) is 4.38. The summed E-state index contributed by atoms with van der Waals surface area (Å²) >= 11 is 1.49. The van der Waals surface area contributed by atoms with E-state index in [-0.39, 0.29) is 13.2 Å². The number of ether oxygens (including phenoxy) is 2. The lowest BCUT2D eigenvalue weighted by Crippen LogP contribution is -2.36. The minimum absolute atomic E-state index is 0.219. The van der Waals surface area contributed by atoms with Gasteiger partial charge < -0.3 is 9.47 Å². The first-order valence-corrected chi connectivity index (χ1v) is 12.4. The van der Waals surface area contributed by atoms with Crippen molar-refractivity contribution in [3.63, 3.8) is 0 Å². The lowest BCUT2D eigenvalue weighted by molar-refractivity contribution is -0.146. The minimum atomic E-state index is -0.755. The van der Waals surface area contributed by atoms with Crippen molar-refractivity contribution < 1.29 is 19.1 Å². The molecule has 8 heteroatoms. The molecule has 0 saturated heterocycles. The molecule has 0 bridgehead atoms. The highest BCUT2D eigenvalue weighted by atomic mass is 32.1. The number of hydrogen-bond acceptors (Lipinski definition) is 8. The predicted octanol–water partition coefficient (Wildman–Crippen LogP) is 5.45. The highest BCUT2D eigenvalue weighted by molar-refractivity contribution is 7.13. The maximum Gasteiger partial charge on any atom is 0.336 e. The summed E-state index contributed by atoms with van der Waals surface area (Å²) in [4.78, 5) is 40.1. The number of allylic oxidation sites excluding steroid dienone is 1. The Balaban J connectivity index is 1.88. The van der Waals surface area contributed by atoms with Crippen LogP contribution in [0.15, 0.2) is 70.3 Å². The molecule has 1 aliphatic rings. The van der Waals surface area contributed by atoms with E-state index in [4.69, 9.17) is 14.5 Å². The van der Waals surface area contributed by atoms with Crippen LogP contribution in [0.3, 0.4) is 0 Å². The fraction of sp³-hybridized carbons (Fsp3) is 0.296. The van der Waals surface area contributed by atoms with Crippen LogP contribution in [0.1, 0.15) is 39.2 Å². The zero-order valence-corrected chi connectivity index (χ0v) is 21.0. The molecule has 0 saturated carbocycles. The maximum absolute atomic E-state index is 13.2. The van der Waals surface area contributed by atoms with E-state index >= 15 is 0 Å². The van der Waals surface area contributed by atoms with Crippen molar-refractivity contribution in [1.82, 2.24) is 9.97 Å². The van der Waals surface area contributed by atoms with Crippen molar-refractivity contribution in [2.24, 2.45) is 10.9 Å². The molecule has 3 aromatic rings. The van der Waals surface area contributed by atoms with Crippen LogP contribution in [0, 0.1) is 5.92 Å². The summed E-state index contributed by atoms with van der Waals surface area (Å²) in [6.45, 7) is 7.54. The van der Waals surface area contributed by atoms with Crippen LogP contribution in [-0.4, -0.2) is 40.8 Å². The molecule has 35 heavy (non-hydrogen) atoms. The molecular formula is C27H27N3O4S. The van der Waals surface area contributed by atoms with Gasteiger partial charge in [-0.3, -0.25) is 14.8 Å². The number of rotatable bonds is 7. The molecule has 2 aromatic heterocycles. The molecule has 2 atom stereocenters. The van der Waals surface area contributed by atoms with Crippen LogP contribution >= 0.6 is 11.3 Å². The second-order valence-corrected chi connectivity index (χ2v) is 8.88. The van der Waals surface area contributed by atoms with Gasteiger partial charge in [-0.05, 0) is 45.4 Å². The average Bonchev–Trinajstić information content (AvgIpc) is 3.34. The lowest BCUT2D eigenvalue weighted by Gasteiger charge is -2.32. The third-order valence-electron chi connectivity index (χ3n) is 5.82. The van der Waals surface area contributed by atoms with Crippen molar-refractivity contribution >= 4 is 29.0 Å². The second kappa shape index (κ2) is 10.7. The first-order chi connectivity index (χ1) is 17.0. The van der Waals surface area contributed by atoms with Crippen LogP contribution in [0.2, 0.25) is 0 Å². The Hall–Kier alpha value is -3.65. The van der Waals surface area contributed by atoms with Crippen LogP contribution in [-0.2, 0) is 19.1 Å². The second-order valence-electron chi connectivity index (χ2n) is 8.02. The SMILES string of the molecule is CCOC(=O)C1=C(C)N=C(C)C(C(=O)OCC)C1c1ccccc1-c1nc(-c2ccccn2)cs1. The minimum Gasteiger partial charge on any atom is -0.465 e. The number of nitrogens with zero attached hydrogens (tertiary/aromatic N) is 3. The lowest BCUT2D eigenvalue weighted by atomic mass is 9.74. The number of aliphatic imine (C=N–C) groups is 1. The Morgan fingerprint density at radius 3 is 2.43 bits per heavy atom. The van der Waals surface area contributed by atoms with Crippen LogP contribution in [0.4, 0.5) is 0 Å². The van der Waals surface area contributed by atoms with Gasteiger partial charge in [0.1, 0.15) is 16.6 Å². The third kappa shape index (κ3) is 4.93. The van der Waals surface area contributed by atoms with E-state index in [0.717, 1.165) is 27.5 Å². The van der Waals surface area contributed by atoms with Gasteiger partial charge >= 0.3 is 11.9 Å². The molecule has 7 nitrogen and oxygen atoms in total. The summed E-state index contributed by atoms with van der Waals surface area (Å²) in [5.74, 6) is -2.28. The quantitative estimate of drug-likeness (QED) is 0.410. The Bertz CT molecular complexity index is 1300. The molecule has 180 valence electrons. The molecular weight excluding hydrogens is 462 g/mol. The van der Waals surface area contributed by atoms with Gasteiger partial charge in [-0.25, -0.2) is 9.78 Å². The van der Waals surface area contributed by atoms with Gasteiger partial charge in [0.05, 0.1) is 24.5 Å². The van der Waals surface area contributed by atoms with E-state index < -0.39 is 23.8 Å². The topological polar surface area (TPSA) is 90.7 Å². The van der Waals surface area contributed by atoms with Crippen molar-refractivity contribution in [2.75, 3.05) is 13.2 Å². The Labute approximate surface area is 208 Å². The zero-order valence-electron chi connectivity index (χ0n) is 20.1. The van der Waals surface area contributed by atoms with Crippen molar-refractivity contribution in [1.29, 1.82) is 0 Å². The molecule has 4 rings (SSSR count). The average molecular weight is 490 g/mol. The van der Waals surface area contributed by atoms with Gasteiger partial charge in [-0.15, -0.1) is 11.3 Å². The van der Waals surface area contributed by atoms with Gasteiger partial charge in [0.25, 0.3) is 0 Å². The van der Waals surface area contributed by atoms with Gasteiger partial charge in [-0.1, -0.05) is 30.3 Å². The smallest absolute Gasteiger partial charge is 0.336 e. The summed E-state index contributed by atoms with van der Waals surface area (Å²) in [5.41, 5.74) is 4.68. The molecule has 1 aromatic carbocycles. The summed E-state index contributed by atoms with van der Waals surface area (Å²) in [7, 11) is 0. The molecule has 2 unspecified atom stereocenters. The number of carbonyl (C=O) groups excluding carboxylic acids is 2. The van der Waals surface area contributed by atoms with E-state index in [1.54, 1.807) is 33.9 Å². The normalized spacial score (nSPS) is 17.7. The number of carbonyl (C=O) groups is 2. The molecule has 3 heterocycles. The first-order valence-electron chi connectivity index (χ1n) is 11.5.